The molecule has 1 aliphatic carbocycles. The van der Waals surface area contributed by atoms with Gasteiger partial charge >= 0.3 is 0 Å². The fourth-order valence-corrected chi connectivity index (χ4v) is 7.76. The van der Waals surface area contributed by atoms with Crippen LogP contribution in [0.4, 0.5) is 11.4 Å². The van der Waals surface area contributed by atoms with Crippen LogP contribution in [-0.4, -0.2) is 24.0 Å². The van der Waals surface area contributed by atoms with Crippen molar-refractivity contribution in [2.45, 2.75) is 38.8 Å². The van der Waals surface area contributed by atoms with E-state index in [1.54, 1.807) is 30.3 Å². The van der Waals surface area contributed by atoms with Gasteiger partial charge in [0.15, 0.2) is 0 Å². The van der Waals surface area contributed by atoms with Crippen LogP contribution >= 0.6 is 35.0 Å². The molecule has 0 bridgehead atoms. The van der Waals surface area contributed by atoms with E-state index in [2.05, 4.69) is 5.32 Å². The van der Waals surface area contributed by atoms with E-state index in [9.17, 15) is 18.5 Å². The molecule has 0 radical (unpaired) electrons. The quantitative estimate of drug-likeness (QED) is 0.231. The molecule has 7 nitrogen and oxygen atoms in total. The summed E-state index contributed by atoms with van der Waals surface area (Å²) < 4.78 is 24.1. The van der Waals surface area contributed by atoms with Gasteiger partial charge in [0.2, 0.25) is 10.0 Å². The third kappa shape index (κ3) is 4.63. The summed E-state index contributed by atoms with van der Waals surface area (Å²) in [6, 6.07) is 18.9. The Morgan fingerprint density at radius 1 is 1.09 bits per heavy atom. The van der Waals surface area contributed by atoms with Crippen LogP contribution < -0.4 is 10.5 Å². The maximum atomic E-state index is 12.1. The van der Waals surface area contributed by atoms with Gasteiger partial charge in [0.25, 0.3) is 5.69 Å². The van der Waals surface area contributed by atoms with Crippen LogP contribution in [0.5, 0.6) is 0 Å². The molecule has 182 valence electrons. The van der Waals surface area contributed by atoms with Crippen LogP contribution in [0.2, 0.25) is 5.02 Å². The molecule has 0 amide bonds. The van der Waals surface area contributed by atoms with Crippen LogP contribution in [0, 0.1) is 16.0 Å². The molecule has 0 spiro atoms. The molecule has 1 heterocycles. The summed E-state index contributed by atoms with van der Waals surface area (Å²) in [7, 11) is -3.90. The minimum atomic E-state index is -3.90. The molecule has 0 saturated heterocycles. The van der Waals surface area contributed by atoms with Crippen LogP contribution in [-0.2, 0) is 10.0 Å². The molecule has 11 heteroatoms. The molecule has 0 aromatic heterocycles. The minimum Gasteiger partial charge on any atom is -0.378 e. The summed E-state index contributed by atoms with van der Waals surface area (Å²) in [5, 5.41) is 20.6. The Kier molecular flexibility index (Phi) is 6.48. The molecule has 35 heavy (non-hydrogen) atoms. The van der Waals surface area contributed by atoms with Crippen molar-refractivity contribution in [3.8, 4) is 0 Å². The highest BCUT2D eigenvalue weighted by molar-refractivity contribution is 8.00. The lowest BCUT2D eigenvalue weighted by atomic mass is 9.77. The summed E-state index contributed by atoms with van der Waals surface area (Å²) >= 11 is 14.6. The maximum Gasteiger partial charge on any atom is 0.282 e. The van der Waals surface area contributed by atoms with E-state index < -0.39 is 15.4 Å². The number of nitro groups is 1. The number of alkyl halides is 1. The fraction of sp³-hybridized carbons (Fsp3) is 0.250. The van der Waals surface area contributed by atoms with Gasteiger partial charge in [0, 0.05) is 27.9 Å². The number of nitrogens with two attached hydrogens (primary N) is 1. The van der Waals surface area contributed by atoms with E-state index in [0.717, 1.165) is 16.8 Å². The van der Waals surface area contributed by atoms with E-state index in [0.29, 0.717) is 16.3 Å². The standard InChI is InChI=1S/C24H21Cl2N3O4S2/c25-14-7-5-13(6-8-14)24-17-12-21(34-20-4-2-1-3-19(20)29(30)31)23(26)22(17)16-11-15(35(27,32)33)9-10-18(16)28-24/h1-11,17,21-24,28H,12H2,(H2,27,32,33)/t17-,21-,22+,23-,24-/m1/s1. The zero-order valence-electron chi connectivity index (χ0n) is 18.2. The molecular weight excluding hydrogens is 529 g/mol. The number of anilines is 1. The number of sulfonamides is 1. The number of thioether (sulfide) groups is 1. The molecule has 3 aromatic rings. The van der Waals surface area contributed by atoms with E-state index in [4.69, 9.17) is 28.3 Å². The summed E-state index contributed by atoms with van der Waals surface area (Å²) in [6.07, 6.45) is 0.675. The summed E-state index contributed by atoms with van der Waals surface area (Å²) in [5.74, 6) is -0.169. The molecule has 2 aliphatic rings. The van der Waals surface area contributed by atoms with Gasteiger partial charge < -0.3 is 5.32 Å². The lowest BCUT2D eigenvalue weighted by Gasteiger charge is -2.38. The van der Waals surface area contributed by atoms with Crippen molar-refractivity contribution in [2.24, 2.45) is 11.1 Å². The zero-order valence-corrected chi connectivity index (χ0v) is 21.3. The molecule has 1 aliphatic heterocycles. The number of hydrogen-bond acceptors (Lipinski definition) is 6. The number of benzene rings is 3. The smallest absolute Gasteiger partial charge is 0.282 e. The number of para-hydroxylation sites is 1. The van der Waals surface area contributed by atoms with Gasteiger partial charge in [-0.15, -0.1) is 23.4 Å². The van der Waals surface area contributed by atoms with Crippen LogP contribution in [0.3, 0.4) is 0 Å². The van der Waals surface area contributed by atoms with Gasteiger partial charge in [-0.3, -0.25) is 10.1 Å². The second kappa shape index (κ2) is 9.29. The van der Waals surface area contributed by atoms with E-state index >= 15 is 0 Å². The average Bonchev–Trinajstić information content (AvgIpc) is 3.14. The lowest BCUT2D eigenvalue weighted by molar-refractivity contribution is -0.387. The molecule has 5 atom stereocenters. The number of nitrogens with one attached hydrogen (secondary N) is 1. The van der Waals surface area contributed by atoms with E-state index in [1.165, 1.54) is 23.9 Å². The average molecular weight is 550 g/mol. The number of fused-ring (bicyclic) bond motifs is 3. The fourth-order valence-electron chi connectivity index (χ4n) is 5.14. The van der Waals surface area contributed by atoms with Crippen molar-refractivity contribution in [1.29, 1.82) is 0 Å². The molecule has 3 aromatic carbocycles. The second-order valence-corrected chi connectivity index (χ2v) is 12.5. The predicted octanol–water partition coefficient (Wildman–Crippen LogP) is 5.93. The molecule has 1 saturated carbocycles. The van der Waals surface area contributed by atoms with Crippen LogP contribution in [0.25, 0.3) is 0 Å². The highest BCUT2D eigenvalue weighted by atomic mass is 35.5. The monoisotopic (exact) mass is 549 g/mol. The number of primary sulfonamides is 1. The summed E-state index contributed by atoms with van der Waals surface area (Å²) in [5.41, 5.74) is 2.66. The minimum absolute atomic E-state index is 0.0159. The second-order valence-electron chi connectivity index (χ2n) is 8.72. The number of rotatable bonds is 5. The van der Waals surface area contributed by atoms with Crippen molar-refractivity contribution in [2.75, 3.05) is 5.32 Å². The zero-order chi connectivity index (χ0) is 24.9. The van der Waals surface area contributed by atoms with Crippen molar-refractivity contribution < 1.29 is 13.3 Å². The Morgan fingerprint density at radius 2 is 1.80 bits per heavy atom. The first-order valence-electron chi connectivity index (χ1n) is 10.9. The Hall–Kier alpha value is -2.30. The van der Waals surface area contributed by atoms with Gasteiger partial charge in [-0.05, 0) is 59.9 Å². The Labute approximate surface area is 217 Å². The van der Waals surface area contributed by atoms with Crippen LogP contribution in [0.15, 0.2) is 76.5 Å². The van der Waals surface area contributed by atoms with Gasteiger partial charge in [-0.2, -0.15) is 0 Å². The maximum absolute atomic E-state index is 12.1. The first-order chi connectivity index (χ1) is 16.6. The molecule has 3 N–H and O–H groups in total. The Bertz CT molecular complexity index is 1400. The Balaban J connectivity index is 1.57. The first-order valence-corrected chi connectivity index (χ1v) is 14.1. The van der Waals surface area contributed by atoms with Gasteiger partial charge in [-0.1, -0.05) is 35.9 Å². The van der Waals surface area contributed by atoms with Gasteiger partial charge in [0.1, 0.15) is 0 Å². The van der Waals surface area contributed by atoms with Crippen molar-refractivity contribution in [3.05, 3.63) is 93.0 Å². The molecule has 5 rings (SSSR count). The largest absolute Gasteiger partial charge is 0.378 e. The summed E-state index contributed by atoms with van der Waals surface area (Å²) in [6.45, 7) is 0. The first kappa shape index (κ1) is 24.4. The van der Waals surface area contributed by atoms with Crippen molar-refractivity contribution in [3.63, 3.8) is 0 Å². The third-order valence-electron chi connectivity index (χ3n) is 6.68. The highest BCUT2D eigenvalue weighted by Gasteiger charge is 2.50. The SMILES string of the molecule is NS(=O)(=O)c1ccc2c(c1)[C@@H]1[C@H](Cl)[C@H](Sc3ccccc3[N+](=O)[O-])C[C@H]1[C@@H](c1ccc(Cl)cc1)N2. The van der Waals surface area contributed by atoms with Crippen LogP contribution in [0.1, 0.15) is 29.5 Å². The van der Waals surface area contributed by atoms with Crippen molar-refractivity contribution in [1.82, 2.24) is 0 Å². The lowest BCUT2D eigenvalue weighted by Crippen LogP contribution is -2.31. The number of hydrogen-bond donors (Lipinski definition) is 2. The highest BCUT2D eigenvalue weighted by Crippen LogP contribution is 2.58. The number of halogens is 2. The van der Waals surface area contributed by atoms with E-state index in [-0.39, 0.29) is 38.6 Å². The van der Waals surface area contributed by atoms with Gasteiger partial charge in [-0.25, -0.2) is 13.6 Å². The molecular formula is C24H21Cl2N3O4S2. The van der Waals surface area contributed by atoms with Gasteiger partial charge in [0.05, 0.1) is 26.1 Å². The number of nitro benzene ring substituents is 1. The number of nitrogens with zero attached hydrogens (tertiary/aromatic N) is 1. The third-order valence-corrected chi connectivity index (χ3v) is 9.96. The Morgan fingerprint density at radius 3 is 2.49 bits per heavy atom. The van der Waals surface area contributed by atoms with E-state index in [1.807, 2.05) is 24.3 Å². The normalized spacial score (nSPS) is 25.4. The summed E-state index contributed by atoms with van der Waals surface area (Å²) in [4.78, 5) is 11.8. The predicted molar refractivity (Wildman–Crippen MR) is 139 cm³/mol. The van der Waals surface area contributed by atoms with Crippen molar-refractivity contribution >= 4 is 56.4 Å². The molecule has 1 fully saturated rings. The topological polar surface area (TPSA) is 115 Å². The molecule has 0 unspecified atom stereocenters.